The normalized spacial score (nSPS) is 14.1. The maximum Gasteiger partial charge on any atom is 0.208 e. The van der Waals surface area contributed by atoms with Crippen LogP contribution in [0.25, 0.3) is 11.0 Å². The highest BCUT2D eigenvalue weighted by molar-refractivity contribution is 6.39. The van der Waals surface area contributed by atoms with Gasteiger partial charge in [0.2, 0.25) is 5.95 Å². The van der Waals surface area contributed by atoms with Gasteiger partial charge in [0.25, 0.3) is 0 Å². The molecule has 3 aromatic rings. The number of aromatic nitrogens is 2. The van der Waals surface area contributed by atoms with E-state index in [-0.39, 0.29) is 5.82 Å². The number of nitrogens with one attached hydrogen (secondary N) is 2. The van der Waals surface area contributed by atoms with Gasteiger partial charge in [-0.15, -0.1) is 0 Å². The van der Waals surface area contributed by atoms with E-state index in [2.05, 4.69) is 15.6 Å². The van der Waals surface area contributed by atoms with E-state index in [0.717, 1.165) is 18.0 Å². The summed E-state index contributed by atoms with van der Waals surface area (Å²) in [7, 11) is 1.83. The van der Waals surface area contributed by atoms with Crippen LogP contribution < -0.4 is 10.6 Å². The topological polar surface area (TPSA) is 41.9 Å². The first-order valence-corrected chi connectivity index (χ1v) is 9.85. The maximum absolute atomic E-state index is 14.5. The van der Waals surface area contributed by atoms with Crippen molar-refractivity contribution in [2.75, 3.05) is 11.9 Å². The van der Waals surface area contributed by atoms with E-state index in [1.807, 2.05) is 7.05 Å². The van der Waals surface area contributed by atoms with Crippen LogP contribution in [0.5, 0.6) is 0 Å². The first-order chi connectivity index (χ1) is 13.0. The molecule has 1 heterocycles. The van der Waals surface area contributed by atoms with Crippen LogP contribution in [0.2, 0.25) is 10.0 Å². The molecule has 1 fully saturated rings. The molecule has 0 unspecified atom stereocenters. The number of rotatable bonds is 7. The van der Waals surface area contributed by atoms with Crippen molar-refractivity contribution in [3.8, 4) is 0 Å². The summed E-state index contributed by atoms with van der Waals surface area (Å²) in [4.78, 5) is 4.60. The zero-order valence-electron chi connectivity index (χ0n) is 15.0. The quantitative estimate of drug-likeness (QED) is 0.497. The summed E-state index contributed by atoms with van der Waals surface area (Å²) in [6.07, 6.45) is 3.84. The summed E-state index contributed by atoms with van der Waals surface area (Å²) in [6, 6.07) is 8.61. The number of para-hydroxylation sites is 1. The van der Waals surface area contributed by atoms with Gasteiger partial charge in [-0.25, -0.2) is 9.37 Å². The lowest BCUT2D eigenvalue weighted by atomic mass is 10.1. The highest BCUT2D eigenvalue weighted by atomic mass is 35.5. The predicted octanol–water partition coefficient (Wildman–Crippen LogP) is 5.65. The number of anilines is 2. The van der Waals surface area contributed by atoms with Gasteiger partial charge in [0.15, 0.2) is 0 Å². The molecule has 27 heavy (non-hydrogen) atoms. The average Bonchev–Trinajstić information content (AvgIpc) is 3.41. The average molecular weight is 407 g/mol. The lowest BCUT2D eigenvalue weighted by Crippen LogP contribution is -2.16. The molecule has 2 aromatic carbocycles. The fourth-order valence-corrected chi connectivity index (χ4v) is 3.66. The molecule has 0 aliphatic heterocycles. The molecule has 1 saturated carbocycles. The molecular formula is C20H21Cl2FN4. The Morgan fingerprint density at radius 2 is 1.96 bits per heavy atom. The van der Waals surface area contributed by atoms with Crippen molar-refractivity contribution >= 4 is 45.9 Å². The molecule has 1 aromatic heterocycles. The van der Waals surface area contributed by atoms with Gasteiger partial charge in [-0.3, -0.25) is 0 Å². The van der Waals surface area contributed by atoms with Crippen LogP contribution in [-0.4, -0.2) is 16.1 Å². The molecule has 1 aliphatic rings. The Balaban J connectivity index is 1.56. The van der Waals surface area contributed by atoms with Crippen molar-refractivity contribution in [3.05, 3.63) is 51.8 Å². The minimum Gasteiger partial charge on any atom is -0.323 e. The summed E-state index contributed by atoms with van der Waals surface area (Å²) in [6.45, 7) is 1.42. The van der Waals surface area contributed by atoms with E-state index in [1.165, 1.54) is 25.3 Å². The Labute approximate surface area is 167 Å². The number of halogens is 3. The third kappa shape index (κ3) is 4.05. The second-order valence-electron chi connectivity index (χ2n) is 7.06. The second kappa shape index (κ2) is 7.66. The third-order valence-corrected chi connectivity index (χ3v) is 5.62. The summed E-state index contributed by atoms with van der Waals surface area (Å²) in [5.74, 6) is 1.19. The van der Waals surface area contributed by atoms with Crippen LogP contribution in [0.1, 0.15) is 24.8 Å². The monoisotopic (exact) mass is 406 g/mol. The molecule has 0 atom stereocenters. The molecule has 0 amide bonds. The molecule has 4 rings (SSSR count). The number of aryl methyl sites for hydroxylation is 1. The Kier molecular flexibility index (Phi) is 5.26. The van der Waals surface area contributed by atoms with E-state index in [4.69, 9.17) is 23.2 Å². The van der Waals surface area contributed by atoms with Crippen molar-refractivity contribution in [2.24, 2.45) is 13.0 Å². The number of benzene rings is 2. The van der Waals surface area contributed by atoms with Crippen LogP contribution in [0.15, 0.2) is 30.3 Å². The van der Waals surface area contributed by atoms with Gasteiger partial charge in [-0.05, 0) is 37.1 Å². The number of fused-ring (bicyclic) bond motifs is 1. The highest BCUT2D eigenvalue weighted by Gasteiger charge is 2.20. The number of imidazole rings is 1. The smallest absolute Gasteiger partial charge is 0.208 e. The van der Waals surface area contributed by atoms with Crippen LogP contribution in [0, 0.1) is 11.7 Å². The van der Waals surface area contributed by atoms with Gasteiger partial charge in [0, 0.05) is 25.2 Å². The van der Waals surface area contributed by atoms with Gasteiger partial charge < -0.3 is 15.2 Å². The van der Waals surface area contributed by atoms with Crippen LogP contribution >= 0.6 is 23.2 Å². The molecule has 4 nitrogen and oxygen atoms in total. The first kappa shape index (κ1) is 18.5. The molecule has 142 valence electrons. The summed E-state index contributed by atoms with van der Waals surface area (Å²) in [5.41, 5.74) is 2.64. The minimum atomic E-state index is -0.230. The summed E-state index contributed by atoms with van der Waals surface area (Å²) >= 11 is 12.5. The SMILES string of the molecule is Cn1c(Nc2c(Cl)cccc2Cl)nc2cc(CNCCC3CC3)c(F)cc21. The Bertz CT molecular complexity index is 962. The third-order valence-electron chi connectivity index (χ3n) is 4.99. The summed E-state index contributed by atoms with van der Waals surface area (Å²) < 4.78 is 16.3. The zero-order valence-corrected chi connectivity index (χ0v) is 16.5. The largest absolute Gasteiger partial charge is 0.323 e. The van der Waals surface area contributed by atoms with Gasteiger partial charge in [-0.2, -0.15) is 0 Å². The second-order valence-corrected chi connectivity index (χ2v) is 7.87. The van der Waals surface area contributed by atoms with Gasteiger partial charge >= 0.3 is 0 Å². The Hall–Kier alpha value is -1.82. The molecule has 0 saturated heterocycles. The van der Waals surface area contributed by atoms with E-state index >= 15 is 0 Å². The zero-order chi connectivity index (χ0) is 19.0. The van der Waals surface area contributed by atoms with Crippen LogP contribution in [0.3, 0.4) is 0 Å². The fourth-order valence-electron chi connectivity index (χ4n) is 3.17. The highest BCUT2D eigenvalue weighted by Crippen LogP contribution is 2.33. The van der Waals surface area contributed by atoms with Crippen molar-refractivity contribution in [1.29, 1.82) is 0 Å². The van der Waals surface area contributed by atoms with Crippen LogP contribution in [0.4, 0.5) is 16.0 Å². The number of hydrogen-bond acceptors (Lipinski definition) is 3. The van der Waals surface area contributed by atoms with Gasteiger partial charge in [0.05, 0.1) is 26.8 Å². The molecule has 0 bridgehead atoms. The van der Waals surface area contributed by atoms with Gasteiger partial charge in [-0.1, -0.05) is 42.1 Å². The molecular weight excluding hydrogens is 386 g/mol. The molecule has 2 N–H and O–H groups in total. The maximum atomic E-state index is 14.5. The molecule has 7 heteroatoms. The van der Waals surface area contributed by atoms with Gasteiger partial charge in [0.1, 0.15) is 5.82 Å². The van der Waals surface area contributed by atoms with Crippen molar-refractivity contribution in [2.45, 2.75) is 25.8 Å². The Morgan fingerprint density at radius 3 is 2.67 bits per heavy atom. The van der Waals surface area contributed by atoms with Crippen LogP contribution in [-0.2, 0) is 13.6 Å². The number of nitrogens with zero attached hydrogens (tertiary/aromatic N) is 2. The van der Waals surface area contributed by atoms with E-state index < -0.39 is 0 Å². The lowest BCUT2D eigenvalue weighted by Gasteiger charge is -2.09. The fraction of sp³-hybridized carbons (Fsp3) is 0.350. The molecule has 0 radical (unpaired) electrons. The van der Waals surface area contributed by atoms with Crippen molar-refractivity contribution in [3.63, 3.8) is 0 Å². The predicted molar refractivity (Wildman–Crippen MR) is 109 cm³/mol. The van der Waals surface area contributed by atoms with E-state index in [9.17, 15) is 4.39 Å². The van der Waals surface area contributed by atoms with Crippen molar-refractivity contribution in [1.82, 2.24) is 14.9 Å². The van der Waals surface area contributed by atoms with Crippen molar-refractivity contribution < 1.29 is 4.39 Å². The molecule has 0 spiro atoms. The number of hydrogen-bond donors (Lipinski definition) is 2. The standard InChI is InChI=1S/C20H21Cl2FN4/c1-27-18-10-16(23)13(11-24-8-7-12-5-6-12)9-17(18)25-20(27)26-19-14(21)3-2-4-15(19)22/h2-4,9-10,12,24H,5-8,11H2,1H3,(H,25,26). The minimum absolute atomic E-state index is 0.230. The van der Waals surface area contributed by atoms with E-state index in [1.54, 1.807) is 28.8 Å². The van der Waals surface area contributed by atoms with E-state index in [0.29, 0.717) is 39.3 Å². The lowest BCUT2D eigenvalue weighted by molar-refractivity contribution is 0.572. The summed E-state index contributed by atoms with van der Waals surface area (Å²) in [5, 5.41) is 7.49. The first-order valence-electron chi connectivity index (χ1n) is 9.09. The molecule has 1 aliphatic carbocycles. The Morgan fingerprint density at radius 1 is 1.22 bits per heavy atom.